The summed E-state index contributed by atoms with van der Waals surface area (Å²) in [5, 5.41) is 5.64. The van der Waals surface area contributed by atoms with Gasteiger partial charge in [0.25, 0.3) is 0 Å². The van der Waals surface area contributed by atoms with Crippen LogP contribution in [0.4, 0.5) is 9.18 Å². The molecule has 0 radical (unpaired) electrons. The SMILES string of the molecule is CC(OCC1(c2ccc(F)cc2)CCN(C(=O)OC(C)(C)C)CC1)c1cc(Br)cc2cnn(COCC[Si](C)(C)C)c12. The average Bonchev–Trinajstić information content (AvgIpc) is 3.31. The first-order chi connectivity index (χ1) is 19.7. The van der Waals surface area contributed by atoms with E-state index >= 15 is 0 Å². The molecule has 42 heavy (non-hydrogen) atoms. The normalized spacial score (nSPS) is 16.5. The van der Waals surface area contributed by atoms with E-state index in [4.69, 9.17) is 14.2 Å². The first kappa shape index (κ1) is 32.6. The predicted molar refractivity (Wildman–Crippen MR) is 171 cm³/mol. The third-order valence-corrected chi connectivity index (χ3v) is 9.98. The van der Waals surface area contributed by atoms with Gasteiger partial charge in [0.05, 0.1) is 24.4 Å². The summed E-state index contributed by atoms with van der Waals surface area (Å²) in [5.41, 5.74) is 2.11. The van der Waals surface area contributed by atoms with Crippen LogP contribution in [-0.2, 0) is 26.4 Å². The van der Waals surface area contributed by atoms with Crippen molar-refractivity contribution in [2.75, 3.05) is 26.3 Å². The number of hydrogen-bond acceptors (Lipinski definition) is 5. The van der Waals surface area contributed by atoms with Crippen LogP contribution in [0.5, 0.6) is 0 Å². The molecule has 0 bridgehead atoms. The minimum absolute atomic E-state index is 0.247. The Balaban J connectivity index is 1.53. The van der Waals surface area contributed by atoms with Crippen LogP contribution >= 0.6 is 15.9 Å². The largest absolute Gasteiger partial charge is 0.444 e. The number of piperidine rings is 1. The molecule has 1 fully saturated rings. The predicted octanol–water partition coefficient (Wildman–Crippen LogP) is 8.30. The van der Waals surface area contributed by atoms with E-state index < -0.39 is 13.7 Å². The van der Waals surface area contributed by atoms with Crippen LogP contribution in [0, 0.1) is 5.82 Å². The lowest BCUT2D eigenvalue weighted by Crippen LogP contribution is -2.48. The molecular weight excluding hydrogens is 617 g/mol. The van der Waals surface area contributed by atoms with Crippen molar-refractivity contribution in [1.29, 1.82) is 0 Å². The summed E-state index contributed by atoms with van der Waals surface area (Å²) in [7, 11) is -1.19. The quantitative estimate of drug-likeness (QED) is 0.162. The van der Waals surface area contributed by atoms with Crippen molar-refractivity contribution in [2.24, 2.45) is 0 Å². The zero-order chi connectivity index (χ0) is 30.7. The van der Waals surface area contributed by atoms with Gasteiger partial charge in [0.2, 0.25) is 0 Å². The topological polar surface area (TPSA) is 65.8 Å². The zero-order valence-electron chi connectivity index (χ0n) is 26.0. The number of likely N-dealkylation sites (tertiary alicyclic amines) is 1. The van der Waals surface area contributed by atoms with E-state index in [1.807, 2.05) is 43.8 Å². The molecule has 2 aromatic carbocycles. The molecule has 1 aliphatic rings. The summed E-state index contributed by atoms with van der Waals surface area (Å²) in [6, 6.07) is 11.9. The molecule has 0 aliphatic carbocycles. The van der Waals surface area contributed by atoms with Gasteiger partial charge in [-0.2, -0.15) is 5.10 Å². The van der Waals surface area contributed by atoms with Crippen molar-refractivity contribution in [3.63, 3.8) is 0 Å². The zero-order valence-corrected chi connectivity index (χ0v) is 28.6. The Bertz CT molecular complexity index is 1360. The van der Waals surface area contributed by atoms with E-state index in [1.54, 1.807) is 4.90 Å². The molecule has 4 rings (SSSR count). The molecule has 10 heteroatoms. The maximum atomic E-state index is 13.9. The number of hydrogen-bond donors (Lipinski definition) is 0. The minimum Gasteiger partial charge on any atom is -0.444 e. The van der Waals surface area contributed by atoms with Gasteiger partial charge < -0.3 is 19.1 Å². The summed E-state index contributed by atoms with van der Waals surface area (Å²) in [6.07, 6.45) is 2.68. The van der Waals surface area contributed by atoms with Crippen molar-refractivity contribution in [3.8, 4) is 0 Å². The minimum atomic E-state index is -1.19. The lowest BCUT2D eigenvalue weighted by Gasteiger charge is -2.42. The number of carbonyl (C=O) groups is 1. The van der Waals surface area contributed by atoms with Gasteiger partial charge in [-0.15, -0.1) is 0 Å². The molecule has 1 aromatic heterocycles. The first-order valence-electron chi connectivity index (χ1n) is 14.7. The highest BCUT2D eigenvalue weighted by Crippen LogP contribution is 2.39. The summed E-state index contributed by atoms with van der Waals surface area (Å²) >= 11 is 3.66. The third kappa shape index (κ3) is 8.42. The molecule has 1 unspecified atom stereocenters. The monoisotopic (exact) mass is 661 g/mol. The van der Waals surface area contributed by atoms with Crippen molar-refractivity contribution in [3.05, 3.63) is 64.0 Å². The number of rotatable bonds is 10. The van der Waals surface area contributed by atoms with Crippen LogP contribution in [0.25, 0.3) is 10.9 Å². The second kappa shape index (κ2) is 13.2. The highest BCUT2D eigenvalue weighted by atomic mass is 79.9. The van der Waals surface area contributed by atoms with Gasteiger partial charge in [-0.25, -0.2) is 13.9 Å². The van der Waals surface area contributed by atoms with Crippen LogP contribution in [0.2, 0.25) is 25.7 Å². The summed E-state index contributed by atoms with van der Waals surface area (Å²) in [6.45, 7) is 17.3. The Morgan fingerprint density at radius 2 is 1.81 bits per heavy atom. The van der Waals surface area contributed by atoms with E-state index in [0.717, 1.165) is 39.2 Å². The van der Waals surface area contributed by atoms with Crippen molar-refractivity contribution in [2.45, 2.75) is 90.1 Å². The molecule has 7 nitrogen and oxygen atoms in total. The van der Waals surface area contributed by atoms with Gasteiger partial charge in [-0.05, 0) is 76.4 Å². The Labute approximate surface area is 258 Å². The molecule has 0 saturated carbocycles. The highest BCUT2D eigenvalue weighted by molar-refractivity contribution is 9.10. The molecule has 0 spiro atoms. The van der Waals surface area contributed by atoms with Crippen molar-refractivity contribution < 1.29 is 23.4 Å². The fourth-order valence-corrected chi connectivity index (χ4v) is 6.55. The van der Waals surface area contributed by atoms with Gasteiger partial charge in [0.1, 0.15) is 18.1 Å². The van der Waals surface area contributed by atoms with E-state index in [2.05, 4.69) is 59.7 Å². The molecule has 1 aliphatic heterocycles. The fourth-order valence-electron chi connectivity index (χ4n) is 5.30. The second-order valence-electron chi connectivity index (χ2n) is 13.6. The summed E-state index contributed by atoms with van der Waals surface area (Å²) in [5.74, 6) is -0.272. The van der Waals surface area contributed by atoms with Crippen LogP contribution in [0.3, 0.4) is 0 Å². The Kier molecular flexibility index (Phi) is 10.2. The lowest BCUT2D eigenvalue weighted by atomic mass is 9.73. The molecule has 2 heterocycles. The van der Waals surface area contributed by atoms with Crippen LogP contribution < -0.4 is 0 Å². The van der Waals surface area contributed by atoms with E-state index in [1.165, 1.54) is 12.1 Å². The van der Waals surface area contributed by atoms with Crippen LogP contribution in [0.15, 0.2) is 47.1 Å². The van der Waals surface area contributed by atoms with Gasteiger partial charge in [0, 0.05) is 48.6 Å². The van der Waals surface area contributed by atoms with Gasteiger partial charge in [0.15, 0.2) is 0 Å². The molecule has 230 valence electrons. The average molecular weight is 663 g/mol. The van der Waals surface area contributed by atoms with Crippen LogP contribution in [-0.4, -0.2) is 60.8 Å². The maximum absolute atomic E-state index is 13.9. The first-order valence-corrected chi connectivity index (χ1v) is 19.2. The molecule has 0 N–H and O–H groups in total. The standard InChI is InChI=1S/C32H45BrFN3O4Si/c1-23(28-19-26(33)18-24-20-35-37(29(24)28)22-39-16-17-42(5,6)7)40-21-32(25-8-10-27(34)11-9-25)12-14-36(15-13-32)30(38)41-31(2,3)4/h8-11,18-20,23H,12-17,21-22H2,1-7H3. The highest BCUT2D eigenvalue weighted by Gasteiger charge is 2.39. The summed E-state index contributed by atoms with van der Waals surface area (Å²) in [4.78, 5) is 14.5. The number of aromatic nitrogens is 2. The molecule has 3 aromatic rings. The number of fused-ring (bicyclic) bond motifs is 1. The smallest absolute Gasteiger partial charge is 0.410 e. The molecule has 1 saturated heterocycles. The van der Waals surface area contributed by atoms with E-state index in [-0.39, 0.29) is 23.4 Å². The van der Waals surface area contributed by atoms with E-state index in [9.17, 15) is 9.18 Å². The van der Waals surface area contributed by atoms with Crippen molar-refractivity contribution in [1.82, 2.24) is 14.7 Å². The Morgan fingerprint density at radius 3 is 2.43 bits per heavy atom. The number of amides is 1. The third-order valence-electron chi connectivity index (χ3n) is 7.81. The number of halogens is 2. The molecular formula is C32H45BrFN3O4Si. The maximum Gasteiger partial charge on any atom is 0.410 e. The molecule has 1 atom stereocenters. The number of benzene rings is 2. The Morgan fingerprint density at radius 1 is 1.14 bits per heavy atom. The second-order valence-corrected chi connectivity index (χ2v) is 20.2. The summed E-state index contributed by atoms with van der Waals surface area (Å²) < 4.78 is 35.1. The number of ether oxygens (including phenoxy) is 3. The van der Waals surface area contributed by atoms with Crippen LogP contribution in [0.1, 0.15) is 57.8 Å². The van der Waals surface area contributed by atoms with Gasteiger partial charge in [-0.1, -0.05) is 47.7 Å². The molecule has 1 amide bonds. The fraction of sp³-hybridized carbons (Fsp3) is 0.562. The van der Waals surface area contributed by atoms with Crippen molar-refractivity contribution >= 4 is 41.0 Å². The van der Waals surface area contributed by atoms with E-state index in [0.29, 0.717) is 39.3 Å². The number of carbonyl (C=O) groups excluding carboxylic acids is 1. The van der Waals surface area contributed by atoms with Gasteiger partial charge >= 0.3 is 6.09 Å². The Hall–Kier alpha value is -2.27. The van der Waals surface area contributed by atoms with Gasteiger partial charge in [-0.3, -0.25) is 0 Å². The number of nitrogens with zero attached hydrogens (tertiary/aromatic N) is 3. The lowest BCUT2D eigenvalue weighted by molar-refractivity contribution is -0.00949.